The van der Waals surface area contributed by atoms with E-state index in [9.17, 15) is 9.59 Å². The molecule has 2 atom stereocenters. The lowest BCUT2D eigenvalue weighted by Crippen LogP contribution is -2.44. The summed E-state index contributed by atoms with van der Waals surface area (Å²) in [4.78, 5) is 28.8. The van der Waals surface area contributed by atoms with Gasteiger partial charge in [0, 0.05) is 23.3 Å². The van der Waals surface area contributed by atoms with Crippen LogP contribution in [0.25, 0.3) is 0 Å². The summed E-state index contributed by atoms with van der Waals surface area (Å²) in [6, 6.07) is 17.0. The number of benzene rings is 3. The summed E-state index contributed by atoms with van der Waals surface area (Å²) < 4.78 is 16.2. The summed E-state index contributed by atoms with van der Waals surface area (Å²) in [6.07, 6.45) is 0. The lowest BCUT2D eigenvalue weighted by Gasteiger charge is -2.40. The first-order valence-corrected chi connectivity index (χ1v) is 11.0. The van der Waals surface area contributed by atoms with Crippen LogP contribution in [0.4, 0.5) is 5.69 Å². The maximum Gasteiger partial charge on any atom is 0.254 e. The first kappa shape index (κ1) is 23.4. The molecule has 4 rings (SSSR count). The summed E-state index contributed by atoms with van der Waals surface area (Å²) in [6.45, 7) is 0. The molecule has 7 nitrogen and oxygen atoms in total. The van der Waals surface area contributed by atoms with Crippen LogP contribution in [0.1, 0.15) is 33.4 Å². The molecular formula is C26H25ClN2O5. The smallest absolute Gasteiger partial charge is 0.254 e. The van der Waals surface area contributed by atoms with Gasteiger partial charge in [0.2, 0.25) is 5.91 Å². The third kappa shape index (κ3) is 4.26. The number of nitrogens with zero attached hydrogens (tertiary/aromatic N) is 1. The Balaban J connectivity index is 1.87. The van der Waals surface area contributed by atoms with E-state index >= 15 is 0 Å². The van der Waals surface area contributed by atoms with Crippen LogP contribution in [0.5, 0.6) is 17.2 Å². The molecule has 1 heterocycles. The summed E-state index contributed by atoms with van der Waals surface area (Å²) in [5.41, 5.74) is 2.30. The van der Waals surface area contributed by atoms with Gasteiger partial charge in [0.15, 0.2) is 11.5 Å². The fourth-order valence-electron chi connectivity index (χ4n) is 4.34. The molecule has 0 saturated carbocycles. The van der Waals surface area contributed by atoms with Crippen molar-refractivity contribution in [3.05, 3.63) is 82.4 Å². The number of hydrogen-bond acceptors (Lipinski definition) is 5. The molecule has 1 aliphatic rings. The van der Waals surface area contributed by atoms with Crippen molar-refractivity contribution in [2.75, 3.05) is 33.7 Å². The highest BCUT2D eigenvalue weighted by molar-refractivity contribution is 6.30. The molecule has 34 heavy (non-hydrogen) atoms. The lowest BCUT2D eigenvalue weighted by molar-refractivity contribution is -0.119. The molecule has 0 bridgehead atoms. The lowest BCUT2D eigenvalue weighted by atomic mass is 9.79. The normalized spacial score (nSPS) is 17.1. The maximum atomic E-state index is 13.8. The number of likely N-dealkylation sites (N-methyl/N-ethyl adjacent to an activating group) is 1. The van der Waals surface area contributed by atoms with Gasteiger partial charge < -0.3 is 24.4 Å². The van der Waals surface area contributed by atoms with E-state index in [0.717, 1.165) is 5.56 Å². The van der Waals surface area contributed by atoms with Crippen LogP contribution in [0.15, 0.2) is 60.7 Å². The molecule has 176 valence electrons. The van der Waals surface area contributed by atoms with E-state index in [1.54, 1.807) is 55.5 Å². The molecule has 0 spiro atoms. The molecule has 2 amide bonds. The van der Waals surface area contributed by atoms with E-state index < -0.39 is 12.0 Å². The van der Waals surface area contributed by atoms with Gasteiger partial charge in [-0.2, -0.15) is 0 Å². The third-order valence-corrected chi connectivity index (χ3v) is 6.24. The number of fused-ring (bicyclic) bond motifs is 1. The van der Waals surface area contributed by atoms with Crippen molar-refractivity contribution >= 4 is 29.1 Å². The molecule has 0 saturated heterocycles. The fourth-order valence-corrected chi connectivity index (χ4v) is 4.53. The van der Waals surface area contributed by atoms with E-state index in [2.05, 4.69) is 5.32 Å². The second kappa shape index (κ2) is 9.65. The minimum atomic E-state index is -0.732. The van der Waals surface area contributed by atoms with Gasteiger partial charge in [0.05, 0.1) is 33.3 Å². The molecule has 1 N–H and O–H groups in total. The number of ether oxygens (including phenoxy) is 3. The highest BCUT2D eigenvalue weighted by Gasteiger charge is 2.43. The SMILES string of the molecule is COc1ccc([C@H]2[C@H](C(=O)Nc3cccc(Cl)c3)c3cc(OC)c(OC)cc3C(=O)N2C)cc1. The average Bonchev–Trinajstić information content (AvgIpc) is 2.85. The van der Waals surface area contributed by atoms with Crippen LogP contribution in [0.3, 0.4) is 0 Å². The second-order valence-electron chi connectivity index (χ2n) is 7.91. The second-order valence-corrected chi connectivity index (χ2v) is 8.34. The molecule has 8 heteroatoms. The first-order valence-electron chi connectivity index (χ1n) is 10.6. The summed E-state index contributed by atoms with van der Waals surface area (Å²) in [5.74, 6) is 0.303. The van der Waals surface area contributed by atoms with E-state index in [0.29, 0.717) is 39.1 Å². The Kier molecular flexibility index (Phi) is 6.65. The maximum absolute atomic E-state index is 13.8. The highest BCUT2D eigenvalue weighted by Crippen LogP contribution is 2.46. The zero-order chi connectivity index (χ0) is 24.4. The standard InChI is InChI=1S/C26H25ClN2O5/c1-29-24(15-8-10-18(32-2)11-9-15)23(25(30)28-17-7-5-6-16(27)12-17)19-13-21(33-3)22(34-4)14-20(19)26(29)31/h5-14,23-24H,1-4H3,(H,28,30)/t23-,24+/m1/s1. The largest absolute Gasteiger partial charge is 0.497 e. The topological polar surface area (TPSA) is 77.1 Å². The van der Waals surface area contributed by atoms with Crippen LogP contribution in [-0.4, -0.2) is 45.1 Å². The first-order chi connectivity index (χ1) is 16.4. The van der Waals surface area contributed by atoms with Crippen molar-refractivity contribution in [3.8, 4) is 17.2 Å². The molecule has 0 fully saturated rings. The van der Waals surface area contributed by atoms with Gasteiger partial charge in [-0.15, -0.1) is 0 Å². The molecule has 0 radical (unpaired) electrons. The Bertz CT molecular complexity index is 1230. The Morgan fingerprint density at radius 2 is 1.62 bits per heavy atom. The van der Waals surface area contributed by atoms with Crippen LogP contribution in [0.2, 0.25) is 5.02 Å². The minimum Gasteiger partial charge on any atom is -0.497 e. The van der Waals surface area contributed by atoms with Crippen molar-refractivity contribution < 1.29 is 23.8 Å². The number of carbonyl (C=O) groups excluding carboxylic acids is 2. The number of methoxy groups -OCH3 is 3. The fraction of sp³-hybridized carbons (Fsp3) is 0.231. The van der Waals surface area contributed by atoms with Crippen molar-refractivity contribution in [3.63, 3.8) is 0 Å². The van der Waals surface area contributed by atoms with Crippen molar-refractivity contribution in [1.29, 1.82) is 0 Å². The molecule has 1 aliphatic heterocycles. The van der Waals surface area contributed by atoms with Gasteiger partial charge >= 0.3 is 0 Å². The number of carbonyl (C=O) groups is 2. The molecule has 3 aromatic rings. The molecule has 0 aliphatic carbocycles. The van der Waals surface area contributed by atoms with E-state index in [-0.39, 0.29) is 11.8 Å². The average molecular weight is 481 g/mol. The Hall–Kier alpha value is -3.71. The molecule has 0 unspecified atom stereocenters. The monoisotopic (exact) mass is 480 g/mol. The van der Waals surface area contributed by atoms with Crippen LogP contribution in [0, 0.1) is 0 Å². The number of amides is 2. The van der Waals surface area contributed by atoms with Gasteiger partial charge in [-0.05, 0) is 53.6 Å². The molecule has 0 aromatic heterocycles. The summed E-state index contributed by atoms with van der Waals surface area (Å²) in [5, 5.41) is 3.47. The van der Waals surface area contributed by atoms with Gasteiger partial charge in [-0.25, -0.2) is 0 Å². The van der Waals surface area contributed by atoms with Gasteiger partial charge in [-0.1, -0.05) is 29.8 Å². The number of halogens is 1. The van der Waals surface area contributed by atoms with Gasteiger partial charge in [0.25, 0.3) is 5.91 Å². The van der Waals surface area contributed by atoms with E-state index in [4.69, 9.17) is 25.8 Å². The van der Waals surface area contributed by atoms with Gasteiger partial charge in [0.1, 0.15) is 5.75 Å². The summed E-state index contributed by atoms with van der Waals surface area (Å²) >= 11 is 6.12. The van der Waals surface area contributed by atoms with Crippen LogP contribution < -0.4 is 19.5 Å². The molecule has 3 aromatic carbocycles. The number of hydrogen-bond donors (Lipinski definition) is 1. The third-order valence-electron chi connectivity index (χ3n) is 6.01. The highest BCUT2D eigenvalue weighted by atomic mass is 35.5. The Morgan fingerprint density at radius 3 is 2.24 bits per heavy atom. The Labute approximate surface area is 203 Å². The summed E-state index contributed by atoms with van der Waals surface area (Å²) in [7, 11) is 6.30. The quantitative estimate of drug-likeness (QED) is 0.542. The number of anilines is 1. The zero-order valence-corrected chi connectivity index (χ0v) is 20.1. The van der Waals surface area contributed by atoms with E-state index in [1.165, 1.54) is 14.2 Å². The van der Waals surface area contributed by atoms with Crippen molar-refractivity contribution in [2.24, 2.45) is 0 Å². The predicted molar refractivity (Wildman–Crippen MR) is 130 cm³/mol. The predicted octanol–water partition coefficient (Wildman–Crippen LogP) is 4.92. The van der Waals surface area contributed by atoms with E-state index in [1.807, 2.05) is 24.3 Å². The molecular weight excluding hydrogens is 456 g/mol. The zero-order valence-electron chi connectivity index (χ0n) is 19.3. The Morgan fingerprint density at radius 1 is 0.941 bits per heavy atom. The van der Waals surface area contributed by atoms with Crippen molar-refractivity contribution in [1.82, 2.24) is 4.90 Å². The van der Waals surface area contributed by atoms with Gasteiger partial charge in [-0.3, -0.25) is 9.59 Å². The van der Waals surface area contributed by atoms with Crippen LogP contribution >= 0.6 is 11.6 Å². The number of nitrogens with one attached hydrogen (secondary N) is 1. The van der Waals surface area contributed by atoms with Crippen molar-refractivity contribution in [2.45, 2.75) is 12.0 Å². The minimum absolute atomic E-state index is 0.219. The number of rotatable bonds is 6. The van der Waals surface area contributed by atoms with Crippen LogP contribution in [-0.2, 0) is 4.79 Å².